The predicted molar refractivity (Wildman–Crippen MR) is 60.8 cm³/mol. The van der Waals surface area contributed by atoms with Crippen LogP contribution in [0.4, 0.5) is 5.69 Å². The van der Waals surface area contributed by atoms with Gasteiger partial charge in [-0.3, -0.25) is 4.79 Å². The number of carbonyl (C=O) groups is 1. The summed E-state index contributed by atoms with van der Waals surface area (Å²) in [6.45, 7) is 2.10. The molecule has 1 heterocycles. The van der Waals surface area contributed by atoms with Gasteiger partial charge in [0.25, 0.3) is 0 Å². The van der Waals surface area contributed by atoms with Gasteiger partial charge in [-0.25, -0.2) is 0 Å². The number of hydrogen-bond donors (Lipinski definition) is 1. The highest BCUT2D eigenvalue weighted by Crippen LogP contribution is 2.26. The van der Waals surface area contributed by atoms with Crippen molar-refractivity contribution in [1.29, 1.82) is 0 Å². The van der Waals surface area contributed by atoms with Crippen LogP contribution in [0.25, 0.3) is 0 Å². The zero-order valence-electron chi connectivity index (χ0n) is 8.01. The molecule has 74 valence electrons. The van der Waals surface area contributed by atoms with Crippen molar-refractivity contribution < 1.29 is 4.79 Å². The number of fused-ring (bicyclic) bond motifs is 1. The summed E-state index contributed by atoms with van der Waals surface area (Å²) in [4.78, 5) is 11.7. The number of hydrogen-bond acceptors (Lipinski definition) is 2. The summed E-state index contributed by atoms with van der Waals surface area (Å²) >= 11 is 3.38. The number of anilines is 1. The highest BCUT2D eigenvalue weighted by Gasteiger charge is 2.18. The van der Waals surface area contributed by atoms with Crippen LogP contribution in [0.15, 0.2) is 22.7 Å². The quantitative estimate of drug-likeness (QED) is 0.770. The molecule has 0 amide bonds. The zero-order chi connectivity index (χ0) is 10.1. The third kappa shape index (κ3) is 1.82. The molecular formula is C11H12BrNO. The SMILES string of the molecule is CC1CCC(=O)c2cc(Br)ccc2N1. The number of carbonyl (C=O) groups excluding carboxylic acids is 1. The van der Waals surface area contributed by atoms with Gasteiger partial charge in [0.1, 0.15) is 0 Å². The zero-order valence-corrected chi connectivity index (χ0v) is 9.60. The van der Waals surface area contributed by atoms with E-state index in [1.165, 1.54) is 0 Å². The lowest BCUT2D eigenvalue weighted by atomic mass is 10.1. The van der Waals surface area contributed by atoms with E-state index in [9.17, 15) is 4.79 Å². The van der Waals surface area contributed by atoms with E-state index in [2.05, 4.69) is 28.2 Å². The van der Waals surface area contributed by atoms with Crippen molar-refractivity contribution in [2.75, 3.05) is 5.32 Å². The van der Waals surface area contributed by atoms with E-state index in [1.54, 1.807) is 0 Å². The molecule has 2 nitrogen and oxygen atoms in total. The molecule has 0 aromatic heterocycles. The van der Waals surface area contributed by atoms with Crippen molar-refractivity contribution in [2.45, 2.75) is 25.8 Å². The first-order valence-corrected chi connectivity index (χ1v) is 5.55. The van der Waals surface area contributed by atoms with Gasteiger partial charge in [0, 0.05) is 28.2 Å². The van der Waals surface area contributed by atoms with Gasteiger partial charge >= 0.3 is 0 Å². The van der Waals surface area contributed by atoms with Crippen molar-refractivity contribution in [1.82, 2.24) is 0 Å². The Morgan fingerprint density at radius 1 is 1.50 bits per heavy atom. The van der Waals surface area contributed by atoms with Crippen LogP contribution >= 0.6 is 15.9 Å². The molecule has 0 radical (unpaired) electrons. The first-order valence-electron chi connectivity index (χ1n) is 4.76. The monoisotopic (exact) mass is 253 g/mol. The molecule has 1 aromatic carbocycles. The van der Waals surface area contributed by atoms with Crippen LogP contribution in [0.1, 0.15) is 30.1 Å². The van der Waals surface area contributed by atoms with Crippen LogP contribution in [0.2, 0.25) is 0 Å². The minimum absolute atomic E-state index is 0.234. The standard InChI is InChI=1S/C11H12BrNO/c1-7-2-5-11(14)9-6-8(12)3-4-10(9)13-7/h3-4,6-7,13H,2,5H2,1H3. The van der Waals surface area contributed by atoms with Crippen LogP contribution in [-0.2, 0) is 0 Å². The topological polar surface area (TPSA) is 29.1 Å². The molecule has 0 saturated heterocycles. The Balaban J connectivity index is 2.47. The fourth-order valence-electron chi connectivity index (χ4n) is 1.69. The van der Waals surface area contributed by atoms with E-state index in [1.807, 2.05) is 18.2 Å². The Morgan fingerprint density at radius 2 is 2.29 bits per heavy atom. The average molecular weight is 254 g/mol. The number of nitrogens with one attached hydrogen (secondary N) is 1. The molecule has 0 aliphatic carbocycles. The molecule has 1 aromatic rings. The molecule has 0 spiro atoms. The third-order valence-electron chi connectivity index (χ3n) is 2.49. The maximum absolute atomic E-state index is 11.7. The second-order valence-electron chi connectivity index (χ2n) is 3.70. The van der Waals surface area contributed by atoms with Crippen molar-refractivity contribution >= 4 is 27.4 Å². The van der Waals surface area contributed by atoms with Gasteiger partial charge in [-0.2, -0.15) is 0 Å². The summed E-state index contributed by atoms with van der Waals surface area (Å²) in [6, 6.07) is 6.18. The second-order valence-corrected chi connectivity index (χ2v) is 4.61. The fourth-order valence-corrected chi connectivity index (χ4v) is 2.05. The molecule has 0 bridgehead atoms. The summed E-state index contributed by atoms with van der Waals surface area (Å²) in [5.41, 5.74) is 1.77. The van der Waals surface area contributed by atoms with Crippen LogP contribution in [0.5, 0.6) is 0 Å². The minimum Gasteiger partial charge on any atom is -0.382 e. The molecular weight excluding hydrogens is 242 g/mol. The first-order chi connectivity index (χ1) is 6.66. The Hall–Kier alpha value is -0.830. The van der Waals surface area contributed by atoms with Gasteiger partial charge in [-0.15, -0.1) is 0 Å². The van der Waals surface area contributed by atoms with Crippen LogP contribution < -0.4 is 5.32 Å². The molecule has 1 unspecified atom stereocenters. The van der Waals surface area contributed by atoms with Crippen LogP contribution in [0, 0.1) is 0 Å². The molecule has 2 rings (SSSR count). The van der Waals surface area contributed by atoms with E-state index in [0.717, 1.165) is 22.1 Å². The fraction of sp³-hybridized carbons (Fsp3) is 0.364. The van der Waals surface area contributed by atoms with E-state index < -0.39 is 0 Å². The Labute approximate surface area is 91.8 Å². The molecule has 3 heteroatoms. The summed E-state index contributed by atoms with van der Waals surface area (Å²) in [5.74, 6) is 0.234. The van der Waals surface area contributed by atoms with E-state index in [0.29, 0.717) is 12.5 Å². The van der Waals surface area contributed by atoms with Crippen LogP contribution in [-0.4, -0.2) is 11.8 Å². The first kappa shape index (κ1) is 9.71. The minimum atomic E-state index is 0.234. The smallest absolute Gasteiger partial charge is 0.165 e. The largest absolute Gasteiger partial charge is 0.382 e. The summed E-state index contributed by atoms with van der Waals surface area (Å²) in [6.07, 6.45) is 1.54. The number of Topliss-reactive ketones (excluding diaryl/α,β-unsaturated/α-hetero) is 1. The molecule has 1 aliphatic rings. The summed E-state index contributed by atoms with van der Waals surface area (Å²) < 4.78 is 0.959. The Morgan fingerprint density at radius 3 is 3.07 bits per heavy atom. The maximum atomic E-state index is 11.7. The third-order valence-corrected chi connectivity index (χ3v) is 2.98. The van der Waals surface area contributed by atoms with E-state index >= 15 is 0 Å². The highest BCUT2D eigenvalue weighted by atomic mass is 79.9. The Kier molecular flexibility index (Phi) is 2.59. The molecule has 1 N–H and O–H groups in total. The molecule has 0 fully saturated rings. The molecule has 1 atom stereocenters. The van der Waals surface area contributed by atoms with Gasteiger partial charge in [-0.1, -0.05) is 15.9 Å². The van der Waals surface area contributed by atoms with Crippen LogP contribution in [0.3, 0.4) is 0 Å². The summed E-state index contributed by atoms with van der Waals surface area (Å²) in [5, 5.41) is 3.34. The van der Waals surface area contributed by atoms with Gasteiger partial charge in [0.05, 0.1) is 0 Å². The lowest BCUT2D eigenvalue weighted by Gasteiger charge is -2.12. The molecule has 0 saturated carbocycles. The van der Waals surface area contributed by atoms with Gasteiger partial charge < -0.3 is 5.32 Å². The maximum Gasteiger partial charge on any atom is 0.165 e. The number of rotatable bonds is 0. The number of ketones is 1. The number of halogens is 1. The van der Waals surface area contributed by atoms with Crippen molar-refractivity contribution in [3.8, 4) is 0 Å². The van der Waals surface area contributed by atoms with Crippen molar-refractivity contribution in [3.63, 3.8) is 0 Å². The lowest BCUT2D eigenvalue weighted by molar-refractivity contribution is 0.0982. The van der Waals surface area contributed by atoms with Gasteiger partial charge in [-0.05, 0) is 31.5 Å². The van der Waals surface area contributed by atoms with Crippen molar-refractivity contribution in [2.24, 2.45) is 0 Å². The van der Waals surface area contributed by atoms with Gasteiger partial charge in [0.2, 0.25) is 0 Å². The normalized spacial score (nSPS) is 21.0. The Bertz CT molecular complexity index is 376. The van der Waals surface area contributed by atoms with E-state index in [4.69, 9.17) is 0 Å². The summed E-state index contributed by atoms with van der Waals surface area (Å²) in [7, 11) is 0. The van der Waals surface area contributed by atoms with Crippen molar-refractivity contribution in [3.05, 3.63) is 28.2 Å². The van der Waals surface area contributed by atoms with Gasteiger partial charge in [0.15, 0.2) is 5.78 Å². The molecule has 1 aliphatic heterocycles. The second kappa shape index (κ2) is 3.73. The lowest BCUT2D eigenvalue weighted by Crippen LogP contribution is -2.12. The predicted octanol–water partition coefficient (Wildman–Crippen LogP) is 3.23. The van der Waals surface area contributed by atoms with E-state index in [-0.39, 0.29) is 5.78 Å². The number of benzene rings is 1. The average Bonchev–Trinajstić information content (AvgIpc) is 2.29. The highest BCUT2D eigenvalue weighted by molar-refractivity contribution is 9.10. The molecule has 14 heavy (non-hydrogen) atoms.